The molecule has 0 spiro atoms. The van der Waals surface area contributed by atoms with Crippen LogP contribution in [0.25, 0.3) is 0 Å². The quantitative estimate of drug-likeness (QED) is 0.875. The van der Waals surface area contributed by atoms with Gasteiger partial charge in [-0.3, -0.25) is 9.69 Å². The predicted octanol–water partition coefficient (Wildman–Crippen LogP) is 2.17. The zero-order chi connectivity index (χ0) is 18.9. The molecular weight excluding hydrogens is 326 g/mol. The first-order valence-electron chi connectivity index (χ1n) is 9.75. The van der Waals surface area contributed by atoms with Crippen LogP contribution in [0, 0.1) is 12.3 Å². The third kappa shape index (κ3) is 3.40. The van der Waals surface area contributed by atoms with Crippen LogP contribution in [0.15, 0.2) is 24.3 Å². The summed E-state index contributed by atoms with van der Waals surface area (Å²) in [7, 11) is 0. The Morgan fingerprint density at radius 3 is 2.54 bits per heavy atom. The number of carbonyl (C=O) groups excluding carboxylic acids is 1. The van der Waals surface area contributed by atoms with Gasteiger partial charge in [-0.2, -0.15) is 0 Å². The average Bonchev–Trinajstić information content (AvgIpc) is 2.61. The van der Waals surface area contributed by atoms with Gasteiger partial charge in [-0.1, -0.05) is 43.7 Å². The molecule has 1 aromatic rings. The molecule has 0 bridgehead atoms. The Hall–Kier alpha value is -1.43. The highest BCUT2D eigenvalue weighted by Crippen LogP contribution is 2.50. The number of rotatable bonds is 5. The summed E-state index contributed by atoms with van der Waals surface area (Å²) in [5, 5.41) is 0. The highest BCUT2D eigenvalue weighted by Gasteiger charge is 2.63. The summed E-state index contributed by atoms with van der Waals surface area (Å²) in [6.07, 6.45) is 0.694. The molecule has 2 unspecified atom stereocenters. The monoisotopic (exact) mass is 359 g/mol. The van der Waals surface area contributed by atoms with Crippen LogP contribution < -0.4 is 5.73 Å². The summed E-state index contributed by atoms with van der Waals surface area (Å²) in [4.78, 5) is 17.5. The Kier molecular flexibility index (Phi) is 5.42. The van der Waals surface area contributed by atoms with E-state index in [-0.39, 0.29) is 17.4 Å². The number of hydrogen-bond donors (Lipinski definition) is 1. The van der Waals surface area contributed by atoms with Gasteiger partial charge in [0.25, 0.3) is 0 Å². The molecule has 2 aliphatic rings. The van der Waals surface area contributed by atoms with E-state index in [0.717, 1.165) is 32.7 Å². The van der Waals surface area contributed by atoms with E-state index in [1.807, 2.05) is 11.8 Å². The molecule has 1 amide bonds. The molecule has 1 aliphatic heterocycles. The first-order chi connectivity index (χ1) is 12.3. The van der Waals surface area contributed by atoms with Crippen molar-refractivity contribution in [3.05, 3.63) is 35.4 Å². The van der Waals surface area contributed by atoms with Gasteiger partial charge in [0.15, 0.2) is 0 Å². The molecule has 5 heteroatoms. The molecule has 5 nitrogen and oxygen atoms in total. The maximum absolute atomic E-state index is 13.1. The predicted molar refractivity (Wildman–Crippen MR) is 104 cm³/mol. The van der Waals surface area contributed by atoms with Crippen molar-refractivity contribution in [1.82, 2.24) is 9.80 Å². The topological polar surface area (TPSA) is 58.8 Å². The standard InChI is InChI=1S/C21H33N3O2/c1-5-26-18-14-21(22,20(18,3)4)19(25)24-11-9-23(10-12-24)15-17-8-6-7-16(2)13-17/h6-8,13,18H,5,9-12,14-15,22H2,1-4H3. The van der Waals surface area contributed by atoms with Crippen LogP contribution >= 0.6 is 0 Å². The number of benzene rings is 1. The second kappa shape index (κ2) is 7.29. The molecule has 0 radical (unpaired) electrons. The number of hydrogen-bond acceptors (Lipinski definition) is 4. The van der Waals surface area contributed by atoms with E-state index in [0.29, 0.717) is 13.0 Å². The summed E-state index contributed by atoms with van der Waals surface area (Å²) < 4.78 is 5.76. The smallest absolute Gasteiger partial charge is 0.243 e. The van der Waals surface area contributed by atoms with Crippen molar-refractivity contribution in [3.8, 4) is 0 Å². The largest absolute Gasteiger partial charge is 0.378 e. The van der Waals surface area contributed by atoms with Crippen LogP contribution in [0.3, 0.4) is 0 Å². The number of amides is 1. The van der Waals surface area contributed by atoms with Gasteiger partial charge in [0, 0.05) is 51.2 Å². The van der Waals surface area contributed by atoms with Crippen molar-refractivity contribution in [1.29, 1.82) is 0 Å². The molecule has 26 heavy (non-hydrogen) atoms. The van der Waals surface area contributed by atoms with Crippen LogP contribution in [0.5, 0.6) is 0 Å². The first-order valence-corrected chi connectivity index (χ1v) is 9.75. The van der Waals surface area contributed by atoms with Gasteiger partial charge in [-0.25, -0.2) is 0 Å². The lowest BCUT2D eigenvalue weighted by Gasteiger charge is -2.59. The SMILES string of the molecule is CCOC1CC(N)(C(=O)N2CCN(Cc3cccc(C)c3)CC2)C1(C)C. The van der Waals surface area contributed by atoms with Crippen molar-refractivity contribution in [2.75, 3.05) is 32.8 Å². The van der Waals surface area contributed by atoms with Crippen molar-refractivity contribution in [2.24, 2.45) is 11.1 Å². The van der Waals surface area contributed by atoms with Crippen LogP contribution in [0.2, 0.25) is 0 Å². The maximum Gasteiger partial charge on any atom is 0.243 e. The van der Waals surface area contributed by atoms with Gasteiger partial charge < -0.3 is 15.4 Å². The molecule has 1 heterocycles. The van der Waals surface area contributed by atoms with Crippen molar-refractivity contribution in [2.45, 2.75) is 52.3 Å². The van der Waals surface area contributed by atoms with Gasteiger partial charge in [0.2, 0.25) is 5.91 Å². The van der Waals surface area contributed by atoms with E-state index in [1.165, 1.54) is 11.1 Å². The van der Waals surface area contributed by atoms with Crippen molar-refractivity contribution < 1.29 is 9.53 Å². The molecule has 2 atom stereocenters. The number of nitrogens with two attached hydrogens (primary N) is 1. The molecule has 1 saturated carbocycles. The number of ether oxygens (including phenoxy) is 1. The third-order valence-corrected chi connectivity index (χ3v) is 6.36. The molecule has 1 aromatic carbocycles. The van der Waals surface area contributed by atoms with E-state index in [2.05, 4.69) is 49.9 Å². The summed E-state index contributed by atoms with van der Waals surface area (Å²) in [6.45, 7) is 13.1. The fraction of sp³-hybridized carbons (Fsp3) is 0.667. The molecular formula is C21H33N3O2. The maximum atomic E-state index is 13.1. The number of aryl methyl sites for hydroxylation is 1. The highest BCUT2D eigenvalue weighted by atomic mass is 16.5. The summed E-state index contributed by atoms with van der Waals surface area (Å²) >= 11 is 0. The minimum atomic E-state index is -0.800. The fourth-order valence-electron chi connectivity index (χ4n) is 4.26. The van der Waals surface area contributed by atoms with E-state index >= 15 is 0 Å². The second-order valence-electron chi connectivity index (χ2n) is 8.40. The lowest BCUT2D eigenvalue weighted by molar-refractivity contribution is -0.180. The molecule has 3 rings (SSSR count). The third-order valence-electron chi connectivity index (χ3n) is 6.36. The Labute approximate surface area is 157 Å². The van der Waals surface area contributed by atoms with Crippen molar-refractivity contribution >= 4 is 5.91 Å². The van der Waals surface area contributed by atoms with E-state index < -0.39 is 5.54 Å². The molecule has 0 aromatic heterocycles. The Morgan fingerprint density at radius 2 is 1.96 bits per heavy atom. The van der Waals surface area contributed by atoms with Crippen molar-refractivity contribution in [3.63, 3.8) is 0 Å². The molecule has 144 valence electrons. The van der Waals surface area contributed by atoms with Gasteiger partial charge in [-0.15, -0.1) is 0 Å². The van der Waals surface area contributed by atoms with Gasteiger partial charge >= 0.3 is 0 Å². The summed E-state index contributed by atoms with van der Waals surface area (Å²) in [5.74, 6) is 0.0914. The van der Waals surface area contributed by atoms with Gasteiger partial charge in [-0.05, 0) is 19.4 Å². The summed E-state index contributed by atoms with van der Waals surface area (Å²) in [6, 6.07) is 8.63. The van der Waals surface area contributed by atoms with Gasteiger partial charge in [0.1, 0.15) is 5.54 Å². The first kappa shape index (κ1) is 19.3. The number of piperazine rings is 1. The number of carbonyl (C=O) groups is 1. The zero-order valence-corrected chi connectivity index (χ0v) is 16.6. The van der Waals surface area contributed by atoms with E-state index in [9.17, 15) is 4.79 Å². The minimum Gasteiger partial charge on any atom is -0.378 e. The van der Waals surface area contributed by atoms with Crippen LogP contribution in [-0.4, -0.2) is 60.1 Å². The van der Waals surface area contributed by atoms with Crippen LogP contribution in [0.1, 0.15) is 38.3 Å². The fourth-order valence-corrected chi connectivity index (χ4v) is 4.26. The average molecular weight is 360 g/mol. The van der Waals surface area contributed by atoms with E-state index in [1.54, 1.807) is 0 Å². The number of nitrogens with zero attached hydrogens (tertiary/aromatic N) is 2. The van der Waals surface area contributed by atoms with Crippen LogP contribution in [0.4, 0.5) is 0 Å². The van der Waals surface area contributed by atoms with Gasteiger partial charge in [0.05, 0.1) is 6.10 Å². The Bertz CT molecular complexity index is 652. The lowest BCUT2D eigenvalue weighted by Crippen LogP contribution is -2.76. The normalized spacial score (nSPS) is 28.7. The summed E-state index contributed by atoms with van der Waals surface area (Å²) in [5.41, 5.74) is 8.07. The molecule has 1 saturated heterocycles. The van der Waals surface area contributed by atoms with E-state index in [4.69, 9.17) is 10.5 Å². The lowest BCUT2D eigenvalue weighted by atomic mass is 9.54. The minimum absolute atomic E-state index is 0.0732. The highest BCUT2D eigenvalue weighted by molar-refractivity contribution is 5.89. The molecule has 2 N–H and O–H groups in total. The zero-order valence-electron chi connectivity index (χ0n) is 16.6. The molecule has 2 fully saturated rings. The van der Waals surface area contributed by atoms with Crippen LogP contribution in [-0.2, 0) is 16.1 Å². The Morgan fingerprint density at radius 1 is 1.27 bits per heavy atom. The molecule has 1 aliphatic carbocycles. The second-order valence-corrected chi connectivity index (χ2v) is 8.40. The Balaban J connectivity index is 1.55.